The summed E-state index contributed by atoms with van der Waals surface area (Å²) in [5.41, 5.74) is 3.69. The molecule has 3 nitrogen and oxygen atoms in total. The second-order valence-corrected chi connectivity index (χ2v) is 5.95. The van der Waals surface area contributed by atoms with Gasteiger partial charge >= 0.3 is 0 Å². The first-order valence-corrected chi connectivity index (χ1v) is 7.86. The first-order valence-electron chi connectivity index (χ1n) is 6.87. The average molecular weight is 295 g/mol. The van der Waals surface area contributed by atoms with Crippen LogP contribution in [0.25, 0.3) is 11.4 Å². The van der Waals surface area contributed by atoms with Crippen molar-refractivity contribution in [3.63, 3.8) is 0 Å². The lowest BCUT2D eigenvalue weighted by Gasteiger charge is -2.04. The predicted molar refractivity (Wildman–Crippen MR) is 87.2 cm³/mol. The third-order valence-corrected chi connectivity index (χ3v) is 4.41. The molecule has 0 unspecified atom stereocenters. The number of hydrogen-bond acceptors (Lipinski definition) is 3. The van der Waals surface area contributed by atoms with Crippen LogP contribution < -0.4 is 0 Å². The number of benzene rings is 2. The van der Waals surface area contributed by atoms with Crippen LogP contribution in [0.4, 0.5) is 0 Å². The van der Waals surface area contributed by atoms with Gasteiger partial charge in [0.25, 0.3) is 0 Å². The Balaban J connectivity index is 1.77. The largest absolute Gasteiger partial charge is 0.305 e. The molecule has 3 rings (SSSR count). The van der Waals surface area contributed by atoms with Crippen molar-refractivity contribution in [3.8, 4) is 11.4 Å². The normalized spacial score (nSPS) is 10.8. The molecular weight excluding hydrogens is 278 g/mol. The van der Waals surface area contributed by atoms with E-state index in [4.69, 9.17) is 0 Å². The van der Waals surface area contributed by atoms with Gasteiger partial charge in [0.05, 0.1) is 0 Å². The molecule has 0 N–H and O–H groups in total. The molecule has 2 aromatic carbocycles. The van der Waals surface area contributed by atoms with Crippen molar-refractivity contribution in [2.45, 2.75) is 17.8 Å². The summed E-state index contributed by atoms with van der Waals surface area (Å²) in [5.74, 6) is 1.81. The highest BCUT2D eigenvalue weighted by Crippen LogP contribution is 2.25. The van der Waals surface area contributed by atoms with Gasteiger partial charge in [-0.25, -0.2) is 0 Å². The second kappa shape index (κ2) is 6.14. The molecule has 0 amide bonds. The topological polar surface area (TPSA) is 30.7 Å². The number of rotatable bonds is 4. The fraction of sp³-hybridized carbons (Fsp3) is 0.176. The molecule has 0 aliphatic carbocycles. The van der Waals surface area contributed by atoms with Crippen molar-refractivity contribution < 1.29 is 0 Å². The lowest BCUT2D eigenvalue weighted by atomic mass is 10.2. The number of aromatic nitrogens is 3. The monoisotopic (exact) mass is 295 g/mol. The van der Waals surface area contributed by atoms with Crippen LogP contribution in [0.1, 0.15) is 11.1 Å². The number of hydrogen-bond donors (Lipinski definition) is 0. The summed E-state index contributed by atoms with van der Waals surface area (Å²) >= 11 is 1.71. The van der Waals surface area contributed by atoms with Crippen LogP contribution >= 0.6 is 11.8 Å². The van der Waals surface area contributed by atoms with E-state index in [0.717, 1.165) is 22.3 Å². The number of aryl methyl sites for hydroxylation is 1. The summed E-state index contributed by atoms with van der Waals surface area (Å²) in [6, 6.07) is 18.7. The molecule has 3 aromatic rings. The van der Waals surface area contributed by atoms with Crippen molar-refractivity contribution >= 4 is 11.8 Å². The Bertz CT molecular complexity index is 735. The van der Waals surface area contributed by atoms with E-state index in [1.165, 1.54) is 11.1 Å². The number of thioether (sulfide) groups is 1. The molecule has 1 heterocycles. The van der Waals surface area contributed by atoms with Crippen molar-refractivity contribution in [3.05, 3.63) is 65.7 Å². The van der Waals surface area contributed by atoms with E-state index in [2.05, 4.69) is 58.1 Å². The summed E-state index contributed by atoms with van der Waals surface area (Å²) < 4.78 is 2.05. The van der Waals surface area contributed by atoms with E-state index < -0.39 is 0 Å². The minimum absolute atomic E-state index is 0.905. The zero-order valence-corrected chi connectivity index (χ0v) is 13.0. The van der Waals surface area contributed by atoms with Gasteiger partial charge in [0, 0.05) is 18.4 Å². The van der Waals surface area contributed by atoms with E-state index in [9.17, 15) is 0 Å². The summed E-state index contributed by atoms with van der Waals surface area (Å²) in [5, 5.41) is 9.55. The van der Waals surface area contributed by atoms with Gasteiger partial charge in [-0.1, -0.05) is 71.9 Å². The predicted octanol–water partition coefficient (Wildman–Crippen LogP) is 4.08. The van der Waals surface area contributed by atoms with Crippen molar-refractivity contribution in [2.24, 2.45) is 7.05 Å². The van der Waals surface area contributed by atoms with Gasteiger partial charge in [-0.3, -0.25) is 0 Å². The summed E-state index contributed by atoms with van der Waals surface area (Å²) in [7, 11) is 2.01. The van der Waals surface area contributed by atoms with Crippen LogP contribution in [0.5, 0.6) is 0 Å². The van der Waals surface area contributed by atoms with E-state index in [1.807, 2.05) is 25.2 Å². The second-order valence-electron chi connectivity index (χ2n) is 5.01. The molecule has 1 aromatic heterocycles. The first kappa shape index (κ1) is 13.9. The highest BCUT2D eigenvalue weighted by molar-refractivity contribution is 7.98. The Morgan fingerprint density at radius 1 is 1.00 bits per heavy atom. The molecule has 0 saturated heterocycles. The molecule has 0 fully saturated rings. The van der Waals surface area contributed by atoms with E-state index in [1.54, 1.807) is 11.8 Å². The van der Waals surface area contributed by atoms with Gasteiger partial charge in [0.2, 0.25) is 0 Å². The summed E-state index contributed by atoms with van der Waals surface area (Å²) in [6.07, 6.45) is 0. The van der Waals surface area contributed by atoms with Gasteiger partial charge in [-0.15, -0.1) is 10.2 Å². The van der Waals surface area contributed by atoms with Crippen LogP contribution in [0.3, 0.4) is 0 Å². The smallest absolute Gasteiger partial charge is 0.191 e. The van der Waals surface area contributed by atoms with Gasteiger partial charge in [-0.05, 0) is 12.5 Å². The molecule has 0 aliphatic rings. The van der Waals surface area contributed by atoms with E-state index in [0.29, 0.717) is 0 Å². The van der Waals surface area contributed by atoms with Gasteiger partial charge < -0.3 is 4.57 Å². The third kappa shape index (κ3) is 3.16. The van der Waals surface area contributed by atoms with Crippen molar-refractivity contribution in [2.75, 3.05) is 0 Å². The quantitative estimate of drug-likeness (QED) is 0.679. The highest BCUT2D eigenvalue weighted by Gasteiger charge is 2.10. The van der Waals surface area contributed by atoms with Crippen LogP contribution in [-0.2, 0) is 12.8 Å². The molecule has 0 saturated carbocycles. The lowest BCUT2D eigenvalue weighted by molar-refractivity contribution is 0.794. The average Bonchev–Trinajstić information content (AvgIpc) is 2.87. The molecular formula is C17H17N3S. The van der Waals surface area contributed by atoms with Crippen LogP contribution in [0.15, 0.2) is 59.8 Å². The summed E-state index contributed by atoms with van der Waals surface area (Å²) in [6.45, 7) is 2.12. The fourth-order valence-electron chi connectivity index (χ4n) is 2.23. The van der Waals surface area contributed by atoms with Crippen LogP contribution in [0, 0.1) is 6.92 Å². The molecule has 0 atom stereocenters. The molecule has 0 aliphatic heterocycles. The maximum absolute atomic E-state index is 4.31. The van der Waals surface area contributed by atoms with Crippen LogP contribution in [-0.4, -0.2) is 14.8 Å². The van der Waals surface area contributed by atoms with Gasteiger partial charge in [-0.2, -0.15) is 0 Å². The summed E-state index contributed by atoms with van der Waals surface area (Å²) in [4.78, 5) is 0. The molecule has 0 spiro atoms. The first-order chi connectivity index (χ1) is 10.2. The lowest BCUT2D eigenvalue weighted by Crippen LogP contribution is -1.95. The Kier molecular flexibility index (Phi) is 4.06. The standard InChI is InChI=1S/C17H17N3S/c1-13-7-6-8-14(11-13)12-21-17-19-18-16(20(17)2)15-9-4-3-5-10-15/h3-11H,12H2,1-2H3. The zero-order valence-electron chi connectivity index (χ0n) is 12.2. The zero-order chi connectivity index (χ0) is 14.7. The minimum atomic E-state index is 0.905. The molecule has 21 heavy (non-hydrogen) atoms. The Hall–Kier alpha value is -2.07. The Morgan fingerprint density at radius 3 is 2.57 bits per heavy atom. The fourth-order valence-corrected chi connectivity index (χ4v) is 3.08. The van der Waals surface area contributed by atoms with Gasteiger partial charge in [0.15, 0.2) is 11.0 Å². The maximum Gasteiger partial charge on any atom is 0.191 e. The van der Waals surface area contributed by atoms with Gasteiger partial charge in [0.1, 0.15) is 0 Å². The number of nitrogens with zero attached hydrogens (tertiary/aromatic N) is 3. The van der Waals surface area contributed by atoms with Crippen molar-refractivity contribution in [1.29, 1.82) is 0 Å². The molecule has 0 bridgehead atoms. The molecule has 4 heteroatoms. The Morgan fingerprint density at radius 2 is 1.81 bits per heavy atom. The highest BCUT2D eigenvalue weighted by atomic mass is 32.2. The minimum Gasteiger partial charge on any atom is -0.305 e. The van der Waals surface area contributed by atoms with E-state index in [-0.39, 0.29) is 0 Å². The third-order valence-electron chi connectivity index (χ3n) is 3.32. The van der Waals surface area contributed by atoms with E-state index >= 15 is 0 Å². The molecule has 0 radical (unpaired) electrons. The molecule has 106 valence electrons. The van der Waals surface area contributed by atoms with Crippen molar-refractivity contribution in [1.82, 2.24) is 14.8 Å². The Labute approximate surface area is 129 Å². The SMILES string of the molecule is Cc1cccc(CSc2nnc(-c3ccccc3)n2C)c1. The maximum atomic E-state index is 4.31. The van der Waals surface area contributed by atoms with Crippen LogP contribution in [0.2, 0.25) is 0 Å².